The van der Waals surface area contributed by atoms with Crippen molar-refractivity contribution in [3.8, 4) is 0 Å². The maximum atomic E-state index is 12.9. The fraction of sp³-hybridized carbons (Fsp3) is 0.389. The third kappa shape index (κ3) is 3.63. The van der Waals surface area contributed by atoms with Gasteiger partial charge in [0.25, 0.3) is 5.91 Å². The Morgan fingerprint density at radius 3 is 2.36 bits per heavy atom. The average molecular weight is 379 g/mol. The molecule has 3 rings (SSSR count). The molecule has 0 spiro atoms. The molecule has 1 aromatic carbocycles. The molecule has 134 valence electrons. The topological polar surface area (TPSA) is 57.7 Å². The Bertz CT molecular complexity index is 851. The predicted molar refractivity (Wildman–Crippen MR) is 101 cm³/mol. The molecule has 5 nitrogen and oxygen atoms in total. The number of aryl methyl sites for hydroxylation is 1. The summed E-state index contributed by atoms with van der Waals surface area (Å²) in [6.07, 6.45) is 2.80. The van der Waals surface area contributed by atoms with Crippen molar-refractivity contribution in [1.82, 2.24) is 4.31 Å². The van der Waals surface area contributed by atoms with Crippen molar-refractivity contribution in [2.24, 2.45) is 0 Å². The Labute approximate surface area is 152 Å². The molecule has 0 unspecified atom stereocenters. The second-order valence-corrected chi connectivity index (χ2v) is 9.10. The Kier molecular flexibility index (Phi) is 5.27. The third-order valence-electron chi connectivity index (χ3n) is 4.48. The molecule has 0 saturated carbocycles. The number of carbonyl (C=O) groups excluding carboxylic acids is 1. The highest BCUT2D eigenvalue weighted by molar-refractivity contribution is 7.89. The van der Waals surface area contributed by atoms with Gasteiger partial charge in [-0.3, -0.25) is 4.79 Å². The second-order valence-electron chi connectivity index (χ2n) is 6.28. The number of amides is 1. The van der Waals surface area contributed by atoms with Gasteiger partial charge in [-0.2, -0.15) is 4.31 Å². The van der Waals surface area contributed by atoms with E-state index in [4.69, 9.17) is 0 Å². The smallest absolute Gasteiger partial charge is 0.269 e. The van der Waals surface area contributed by atoms with Crippen molar-refractivity contribution in [3.63, 3.8) is 0 Å². The van der Waals surface area contributed by atoms with Gasteiger partial charge in [0.15, 0.2) is 0 Å². The van der Waals surface area contributed by atoms with Crippen molar-refractivity contribution in [1.29, 1.82) is 0 Å². The lowest BCUT2D eigenvalue weighted by Crippen LogP contribution is -2.36. The summed E-state index contributed by atoms with van der Waals surface area (Å²) in [6, 6.07) is 9.13. The van der Waals surface area contributed by atoms with E-state index in [-0.39, 0.29) is 15.7 Å². The Hall–Kier alpha value is -1.70. The van der Waals surface area contributed by atoms with Crippen molar-refractivity contribution in [2.45, 2.75) is 31.1 Å². The van der Waals surface area contributed by atoms with Crippen LogP contribution in [0.1, 0.15) is 34.5 Å². The van der Waals surface area contributed by atoms with E-state index in [0.717, 1.165) is 30.5 Å². The number of benzene rings is 1. The first kappa shape index (κ1) is 18.1. The summed E-state index contributed by atoms with van der Waals surface area (Å²) < 4.78 is 27.4. The quantitative estimate of drug-likeness (QED) is 0.818. The number of sulfonamides is 1. The maximum Gasteiger partial charge on any atom is 0.269 e. The number of thiophene rings is 1. The van der Waals surface area contributed by atoms with Gasteiger partial charge in [-0.15, -0.1) is 11.3 Å². The third-order valence-corrected chi connectivity index (χ3v) is 7.45. The van der Waals surface area contributed by atoms with Crippen molar-refractivity contribution in [2.75, 3.05) is 25.0 Å². The van der Waals surface area contributed by atoms with Crippen LogP contribution in [0.5, 0.6) is 0 Å². The lowest BCUT2D eigenvalue weighted by atomic mass is 10.2. The van der Waals surface area contributed by atoms with Crippen molar-refractivity contribution in [3.05, 3.63) is 46.2 Å². The molecule has 1 amide bonds. The van der Waals surface area contributed by atoms with E-state index in [2.05, 4.69) is 0 Å². The Balaban J connectivity index is 1.90. The highest BCUT2D eigenvalue weighted by atomic mass is 32.2. The van der Waals surface area contributed by atoms with Crippen molar-refractivity contribution < 1.29 is 13.2 Å². The zero-order valence-corrected chi connectivity index (χ0v) is 16.1. The average Bonchev–Trinajstić information content (AvgIpc) is 3.12. The minimum Gasteiger partial charge on any atom is -0.311 e. The number of rotatable bonds is 4. The lowest BCUT2D eigenvalue weighted by molar-refractivity contribution is 0.0994. The molecule has 0 aliphatic carbocycles. The molecule has 2 heterocycles. The van der Waals surface area contributed by atoms with Gasteiger partial charge in [0.2, 0.25) is 10.0 Å². The molecule has 25 heavy (non-hydrogen) atoms. The first-order valence-corrected chi connectivity index (χ1v) is 10.7. The van der Waals surface area contributed by atoms with Gasteiger partial charge < -0.3 is 4.90 Å². The van der Waals surface area contributed by atoms with Gasteiger partial charge in [-0.25, -0.2) is 8.42 Å². The molecule has 1 aliphatic rings. The van der Waals surface area contributed by atoms with Crippen LogP contribution in [0, 0.1) is 6.92 Å². The van der Waals surface area contributed by atoms with Crippen LogP contribution in [0.25, 0.3) is 0 Å². The molecule has 0 atom stereocenters. The lowest BCUT2D eigenvalue weighted by Gasteiger charge is -2.26. The second kappa shape index (κ2) is 7.27. The molecule has 1 aromatic heterocycles. The summed E-state index contributed by atoms with van der Waals surface area (Å²) in [7, 11) is -1.95. The summed E-state index contributed by atoms with van der Waals surface area (Å²) in [4.78, 5) is 14.8. The van der Waals surface area contributed by atoms with E-state index < -0.39 is 10.0 Å². The van der Waals surface area contributed by atoms with Gasteiger partial charge in [0.05, 0.1) is 0 Å². The molecule has 1 saturated heterocycles. The molecule has 0 N–H and O–H groups in total. The van der Waals surface area contributed by atoms with E-state index >= 15 is 0 Å². The SMILES string of the molecule is Cc1ccc(N(C)C(=O)c2sccc2S(=O)(=O)N2CCCCC2)cc1. The van der Waals surface area contributed by atoms with Gasteiger partial charge >= 0.3 is 0 Å². The number of hydrogen-bond donors (Lipinski definition) is 0. The van der Waals surface area contributed by atoms with Gasteiger partial charge in [0, 0.05) is 25.8 Å². The fourth-order valence-corrected chi connectivity index (χ4v) is 5.83. The Morgan fingerprint density at radius 2 is 1.72 bits per heavy atom. The molecule has 2 aromatic rings. The summed E-state index contributed by atoms with van der Waals surface area (Å²) in [5, 5.41) is 1.67. The van der Waals surface area contributed by atoms with E-state index in [9.17, 15) is 13.2 Å². The molecular weight excluding hydrogens is 356 g/mol. The fourth-order valence-electron chi connectivity index (χ4n) is 2.94. The van der Waals surface area contributed by atoms with Gasteiger partial charge in [-0.1, -0.05) is 24.1 Å². The zero-order valence-electron chi connectivity index (χ0n) is 14.4. The molecule has 1 fully saturated rings. The highest BCUT2D eigenvalue weighted by Crippen LogP contribution is 2.29. The van der Waals surface area contributed by atoms with Crippen LogP contribution in [0.3, 0.4) is 0 Å². The van der Waals surface area contributed by atoms with Crippen LogP contribution >= 0.6 is 11.3 Å². The van der Waals surface area contributed by atoms with Crippen LogP contribution < -0.4 is 4.90 Å². The van der Waals surface area contributed by atoms with Crippen LogP contribution in [0.4, 0.5) is 5.69 Å². The van der Waals surface area contributed by atoms with Crippen LogP contribution in [-0.2, 0) is 10.0 Å². The molecule has 7 heteroatoms. The van der Waals surface area contributed by atoms with Crippen LogP contribution in [-0.4, -0.2) is 38.8 Å². The first-order chi connectivity index (χ1) is 11.9. The summed E-state index contributed by atoms with van der Waals surface area (Å²) in [6.45, 7) is 3.04. The zero-order chi connectivity index (χ0) is 18.0. The minimum absolute atomic E-state index is 0.128. The Morgan fingerprint density at radius 1 is 1.08 bits per heavy atom. The van der Waals surface area contributed by atoms with E-state index in [1.165, 1.54) is 20.5 Å². The minimum atomic E-state index is -3.62. The molecular formula is C18H22N2O3S2. The predicted octanol–water partition coefficient (Wildman–Crippen LogP) is 3.51. The molecule has 0 radical (unpaired) electrons. The van der Waals surface area contributed by atoms with E-state index in [1.807, 2.05) is 31.2 Å². The standard InChI is InChI=1S/C18H22N2O3S2/c1-14-6-8-15(9-7-14)19(2)18(21)17-16(10-13-24-17)25(22,23)20-11-4-3-5-12-20/h6-10,13H,3-5,11-12H2,1-2H3. The largest absolute Gasteiger partial charge is 0.311 e. The number of piperidine rings is 1. The molecule has 0 bridgehead atoms. The first-order valence-electron chi connectivity index (χ1n) is 8.33. The summed E-state index contributed by atoms with van der Waals surface area (Å²) in [5.41, 5.74) is 1.85. The maximum absolute atomic E-state index is 12.9. The number of anilines is 1. The number of hydrogen-bond acceptors (Lipinski definition) is 4. The van der Waals surface area contributed by atoms with Gasteiger partial charge in [0.1, 0.15) is 9.77 Å². The van der Waals surface area contributed by atoms with Crippen molar-refractivity contribution >= 4 is 33.0 Å². The van der Waals surface area contributed by atoms with Crippen LogP contribution in [0.15, 0.2) is 40.6 Å². The normalized spacial score (nSPS) is 15.9. The monoisotopic (exact) mass is 378 g/mol. The molecule has 1 aliphatic heterocycles. The van der Waals surface area contributed by atoms with E-state index in [1.54, 1.807) is 18.5 Å². The van der Waals surface area contributed by atoms with Gasteiger partial charge in [-0.05, 0) is 43.3 Å². The number of carbonyl (C=O) groups is 1. The highest BCUT2D eigenvalue weighted by Gasteiger charge is 2.32. The summed E-state index contributed by atoms with van der Waals surface area (Å²) >= 11 is 1.18. The van der Waals surface area contributed by atoms with Crippen LogP contribution in [0.2, 0.25) is 0 Å². The van der Waals surface area contributed by atoms with E-state index in [0.29, 0.717) is 13.1 Å². The summed E-state index contributed by atoms with van der Waals surface area (Å²) in [5.74, 6) is -0.297. The number of nitrogens with zero attached hydrogens (tertiary/aromatic N) is 2.